The maximum absolute atomic E-state index is 13.1. The Morgan fingerprint density at radius 1 is 1.06 bits per heavy atom. The summed E-state index contributed by atoms with van der Waals surface area (Å²) in [4.78, 5) is 61.6. The number of nitrogens with zero attached hydrogens (tertiary/aromatic N) is 1. The van der Waals surface area contributed by atoms with Crippen LogP contribution in [0.4, 0.5) is 0 Å². The topological polar surface area (TPSA) is 205 Å². The highest BCUT2D eigenvalue weighted by Gasteiger charge is 2.39. The molecule has 1 rings (SSSR count). The first-order valence-corrected chi connectivity index (χ1v) is 11.2. The molecule has 4 unspecified atom stereocenters. The Bertz CT molecular complexity index is 693. The number of carboxylic acid groups (broad SMARTS) is 2. The first-order valence-electron chi connectivity index (χ1n) is 10.5. The Labute approximate surface area is 191 Å². The lowest BCUT2D eigenvalue weighted by molar-refractivity contribution is -0.144. The number of carbonyl (C=O) groups excluding carboxylic acids is 3. The van der Waals surface area contributed by atoms with Crippen LogP contribution in [0.2, 0.25) is 0 Å². The number of rotatable bonds is 14. The number of nitrogens with two attached hydrogens (primary N) is 2. The molecule has 13 heteroatoms. The first kappa shape index (κ1) is 27.7. The molecule has 8 N–H and O–H groups in total. The lowest BCUT2D eigenvalue weighted by atomic mass is 10.1. The van der Waals surface area contributed by atoms with E-state index in [0.29, 0.717) is 38.6 Å². The van der Waals surface area contributed by atoms with Gasteiger partial charge in [-0.1, -0.05) is 6.42 Å². The largest absolute Gasteiger partial charge is 0.481 e. The SMILES string of the molecule is NCCCCC(N)C(=O)NC(CCC(=O)O)C(=O)N1CCCC1C(=O)NC(CS)C(=O)O. The molecule has 0 aromatic rings. The number of carboxylic acids is 2. The summed E-state index contributed by atoms with van der Waals surface area (Å²) in [5.74, 6) is -4.35. The van der Waals surface area contributed by atoms with E-state index >= 15 is 0 Å². The van der Waals surface area contributed by atoms with Gasteiger partial charge in [0, 0.05) is 18.7 Å². The fraction of sp³-hybridized carbons (Fsp3) is 0.737. The third-order valence-electron chi connectivity index (χ3n) is 5.20. The predicted molar refractivity (Wildman–Crippen MR) is 118 cm³/mol. The molecule has 1 heterocycles. The van der Waals surface area contributed by atoms with E-state index < -0.39 is 53.8 Å². The molecule has 1 fully saturated rings. The number of hydrogen-bond acceptors (Lipinski definition) is 8. The molecule has 0 aromatic carbocycles. The second kappa shape index (κ2) is 13.9. The predicted octanol–water partition coefficient (Wildman–Crippen LogP) is -1.72. The number of carbonyl (C=O) groups is 5. The zero-order chi connectivity index (χ0) is 24.3. The third kappa shape index (κ3) is 8.63. The molecule has 12 nitrogen and oxygen atoms in total. The smallest absolute Gasteiger partial charge is 0.327 e. The number of hydrogen-bond donors (Lipinski definition) is 7. The Balaban J connectivity index is 2.90. The minimum absolute atomic E-state index is 0.124. The van der Waals surface area contributed by atoms with Crippen LogP contribution in [0.3, 0.4) is 0 Å². The molecule has 0 spiro atoms. The highest BCUT2D eigenvalue weighted by atomic mass is 32.1. The van der Waals surface area contributed by atoms with Crippen molar-refractivity contribution < 1.29 is 34.2 Å². The summed E-state index contributed by atoms with van der Waals surface area (Å²) in [6, 6.07) is -4.19. The summed E-state index contributed by atoms with van der Waals surface area (Å²) in [6.07, 6.45) is 1.95. The van der Waals surface area contributed by atoms with Gasteiger partial charge in [0.25, 0.3) is 0 Å². The highest BCUT2D eigenvalue weighted by Crippen LogP contribution is 2.20. The zero-order valence-corrected chi connectivity index (χ0v) is 18.8. The molecule has 0 aromatic heterocycles. The molecule has 0 bridgehead atoms. The summed E-state index contributed by atoms with van der Waals surface area (Å²) < 4.78 is 0. The molecule has 0 radical (unpaired) electrons. The lowest BCUT2D eigenvalue weighted by Gasteiger charge is -2.29. The van der Waals surface area contributed by atoms with E-state index in [-0.39, 0.29) is 25.1 Å². The van der Waals surface area contributed by atoms with E-state index in [2.05, 4.69) is 23.3 Å². The van der Waals surface area contributed by atoms with Crippen LogP contribution in [0.25, 0.3) is 0 Å². The molecule has 1 aliphatic rings. The fourth-order valence-corrected chi connectivity index (χ4v) is 3.65. The molecule has 0 aliphatic carbocycles. The number of unbranched alkanes of at least 4 members (excludes halogenated alkanes) is 1. The maximum atomic E-state index is 13.1. The molecule has 1 aliphatic heterocycles. The van der Waals surface area contributed by atoms with E-state index in [1.807, 2.05) is 0 Å². The van der Waals surface area contributed by atoms with Crippen LogP contribution in [-0.2, 0) is 24.0 Å². The van der Waals surface area contributed by atoms with E-state index in [4.69, 9.17) is 21.7 Å². The van der Waals surface area contributed by atoms with Crippen molar-refractivity contribution in [2.75, 3.05) is 18.8 Å². The van der Waals surface area contributed by atoms with Crippen molar-refractivity contribution in [2.24, 2.45) is 11.5 Å². The van der Waals surface area contributed by atoms with Crippen molar-refractivity contribution in [3.05, 3.63) is 0 Å². The second-order valence-electron chi connectivity index (χ2n) is 7.66. The van der Waals surface area contributed by atoms with Gasteiger partial charge in [-0.3, -0.25) is 19.2 Å². The Morgan fingerprint density at radius 2 is 1.75 bits per heavy atom. The zero-order valence-electron chi connectivity index (χ0n) is 17.9. The number of amides is 3. The average molecular weight is 476 g/mol. The Morgan fingerprint density at radius 3 is 2.31 bits per heavy atom. The van der Waals surface area contributed by atoms with E-state index in [9.17, 15) is 24.0 Å². The van der Waals surface area contributed by atoms with Crippen molar-refractivity contribution in [2.45, 2.75) is 69.1 Å². The van der Waals surface area contributed by atoms with Crippen molar-refractivity contribution in [3.8, 4) is 0 Å². The van der Waals surface area contributed by atoms with Crippen LogP contribution < -0.4 is 22.1 Å². The van der Waals surface area contributed by atoms with Crippen LogP contribution >= 0.6 is 12.6 Å². The second-order valence-corrected chi connectivity index (χ2v) is 8.02. The van der Waals surface area contributed by atoms with Crippen LogP contribution in [0.5, 0.6) is 0 Å². The average Bonchev–Trinajstić information content (AvgIpc) is 3.23. The van der Waals surface area contributed by atoms with Crippen molar-refractivity contribution in [1.82, 2.24) is 15.5 Å². The number of nitrogens with one attached hydrogen (secondary N) is 2. The number of aliphatic carboxylic acids is 2. The van der Waals surface area contributed by atoms with Crippen LogP contribution in [-0.4, -0.2) is 87.8 Å². The summed E-state index contributed by atoms with van der Waals surface area (Å²) in [5, 5.41) is 23.0. The fourth-order valence-electron chi connectivity index (χ4n) is 3.40. The van der Waals surface area contributed by atoms with Gasteiger partial charge >= 0.3 is 11.9 Å². The highest BCUT2D eigenvalue weighted by molar-refractivity contribution is 7.80. The normalized spacial score (nSPS) is 18.5. The summed E-state index contributed by atoms with van der Waals surface area (Å²) in [7, 11) is 0. The molecule has 32 heavy (non-hydrogen) atoms. The standard InChI is InChI=1S/C19H33N5O7S/c20-8-2-1-4-11(21)16(27)22-12(6-7-15(25)26)18(29)24-9-3-5-14(24)17(28)23-13(10-32)19(30)31/h11-14,32H,1-10,20-21H2,(H,22,27)(H,23,28)(H,25,26)(H,30,31). The lowest BCUT2D eigenvalue weighted by Crippen LogP contribution is -2.57. The Hall–Kier alpha value is -2.38. The van der Waals surface area contributed by atoms with Crippen molar-refractivity contribution in [3.63, 3.8) is 0 Å². The van der Waals surface area contributed by atoms with E-state index in [0.717, 1.165) is 0 Å². The summed E-state index contributed by atoms with van der Waals surface area (Å²) in [5.41, 5.74) is 11.3. The van der Waals surface area contributed by atoms with Gasteiger partial charge < -0.3 is 37.2 Å². The van der Waals surface area contributed by atoms with E-state index in [1.54, 1.807) is 0 Å². The first-order chi connectivity index (χ1) is 15.1. The molecule has 1 saturated heterocycles. The van der Waals surface area contributed by atoms with Gasteiger partial charge in [0.2, 0.25) is 17.7 Å². The molecular formula is C19H33N5O7S. The van der Waals surface area contributed by atoms with Crippen LogP contribution in [0.15, 0.2) is 0 Å². The summed E-state index contributed by atoms with van der Waals surface area (Å²) in [6.45, 7) is 0.681. The van der Waals surface area contributed by atoms with Gasteiger partial charge in [-0.05, 0) is 38.6 Å². The third-order valence-corrected chi connectivity index (χ3v) is 5.57. The van der Waals surface area contributed by atoms with Gasteiger partial charge in [-0.2, -0.15) is 12.6 Å². The Kier molecular flexibility index (Phi) is 12.0. The molecule has 0 saturated carbocycles. The van der Waals surface area contributed by atoms with Gasteiger partial charge in [0.1, 0.15) is 18.1 Å². The minimum Gasteiger partial charge on any atom is -0.481 e. The molecule has 4 atom stereocenters. The minimum atomic E-state index is -1.25. The number of thiol groups is 1. The quantitative estimate of drug-likeness (QED) is 0.113. The van der Waals surface area contributed by atoms with Crippen LogP contribution in [0.1, 0.15) is 44.9 Å². The van der Waals surface area contributed by atoms with Gasteiger partial charge in [-0.15, -0.1) is 0 Å². The van der Waals surface area contributed by atoms with Crippen LogP contribution in [0, 0.1) is 0 Å². The van der Waals surface area contributed by atoms with E-state index in [1.165, 1.54) is 4.90 Å². The van der Waals surface area contributed by atoms with Crippen molar-refractivity contribution >= 4 is 42.3 Å². The van der Waals surface area contributed by atoms with Crippen molar-refractivity contribution in [1.29, 1.82) is 0 Å². The monoisotopic (exact) mass is 475 g/mol. The molecule has 182 valence electrons. The van der Waals surface area contributed by atoms with Gasteiger partial charge in [0.05, 0.1) is 6.04 Å². The maximum Gasteiger partial charge on any atom is 0.327 e. The van der Waals surface area contributed by atoms with Gasteiger partial charge in [-0.25, -0.2) is 4.79 Å². The molecular weight excluding hydrogens is 442 g/mol. The number of likely N-dealkylation sites (tertiary alicyclic amines) is 1. The van der Waals surface area contributed by atoms with Gasteiger partial charge in [0.15, 0.2) is 0 Å². The molecule has 3 amide bonds. The summed E-state index contributed by atoms with van der Waals surface area (Å²) >= 11 is 3.90.